The molecule has 2 rings (SSSR count). The Labute approximate surface area is 128 Å². The molecule has 1 aromatic rings. The van der Waals surface area contributed by atoms with Gasteiger partial charge in [-0.1, -0.05) is 19.3 Å². The van der Waals surface area contributed by atoms with Gasteiger partial charge in [0.15, 0.2) is 0 Å². The third-order valence-corrected chi connectivity index (χ3v) is 4.03. The normalized spacial score (nSPS) is 17.0. The van der Waals surface area contributed by atoms with Crippen molar-refractivity contribution in [3.63, 3.8) is 0 Å². The van der Waals surface area contributed by atoms with Crippen molar-refractivity contribution in [3.8, 4) is 5.75 Å². The fourth-order valence-electron chi connectivity index (χ4n) is 2.75. The third-order valence-electron chi connectivity index (χ3n) is 4.03. The van der Waals surface area contributed by atoms with Crippen LogP contribution in [0, 0.1) is 11.7 Å². The molecule has 1 fully saturated rings. The summed E-state index contributed by atoms with van der Waals surface area (Å²) in [5, 5.41) is 3.40. The molecule has 1 aliphatic rings. The highest BCUT2D eigenvalue weighted by Crippen LogP contribution is 2.26. The van der Waals surface area contributed by atoms with Gasteiger partial charge in [0.1, 0.15) is 11.6 Å². The topological polar surface area (TPSA) is 21.3 Å². The molecule has 0 bridgehead atoms. The number of ether oxygens (including phenoxy) is 1. The van der Waals surface area contributed by atoms with Crippen molar-refractivity contribution in [1.82, 2.24) is 5.32 Å². The smallest absolute Gasteiger partial charge is 0.123 e. The van der Waals surface area contributed by atoms with Crippen molar-refractivity contribution >= 4 is 0 Å². The average Bonchev–Trinajstić information content (AvgIpc) is 2.44. The second-order valence-corrected chi connectivity index (χ2v) is 7.17. The quantitative estimate of drug-likeness (QED) is 0.851. The fourth-order valence-corrected chi connectivity index (χ4v) is 2.75. The monoisotopic (exact) mass is 293 g/mol. The van der Waals surface area contributed by atoms with Crippen LogP contribution in [0.5, 0.6) is 5.75 Å². The van der Waals surface area contributed by atoms with Gasteiger partial charge in [0, 0.05) is 17.6 Å². The molecule has 1 aromatic carbocycles. The van der Waals surface area contributed by atoms with Crippen LogP contribution in [0.25, 0.3) is 0 Å². The predicted octanol–water partition coefficient (Wildman–Crippen LogP) is 4.67. The van der Waals surface area contributed by atoms with E-state index in [9.17, 15) is 4.39 Å². The lowest BCUT2D eigenvalue weighted by Crippen LogP contribution is -2.35. The van der Waals surface area contributed by atoms with Crippen molar-refractivity contribution in [2.45, 2.75) is 65.0 Å². The van der Waals surface area contributed by atoms with Crippen LogP contribution in [-0.4, -0.2) is 12.1 Å². The minimum atomic E-state index is -0.203. The van der Waals surface area contributed by atoms with Gasteiger partial charge in [0.05, 0.1) is 6.61 Å². The van der Waals surface area contributed by atoms with E-state index in [1.54, 1.807) is 12.1 Å². The van der Waals surface area contributed by atoms with Gasteiger partial charge in [0.25, 0.3) is 0 Å². The van der Waals surface area contributed by atoms with Crippen molar-refractivity contribution in [3.05, 3.63) is 29.6 Å². The number of nitrogens with one attached hydrogen (secondary N) is 1. The van der Waals surface area contributed by atoms with Gasteiger partial charge >= 0.3 is 0 Å². The average molecular weight is 293 g/mol. The first kappa shape index (κ1) is 16.3. The summed E-state index contributed by atoms with van der Waals surface area (Å²) in [5.74, 6) is 1.27. The lowest BCUT2D eigenvalue weighted by molar-refractivity contribution is 0.206. The fraction of sp³-hybridized carbons (Fsp3) is 0.667. The van der Waals surface area contributed by atoms with E-state index in [-0.39, 0.29) is 11.4 Å². The Kier molecular flexibility index (Phi) is 5.63. The van der Waals surface area contributed by atoms with Gasteiger partial charge < -0.3 is 10.1 Å². The molecule has 0 aliphatic heterocycles. The van der Waals surface area contributed by atoms with Gasteiger partial charge in [-0.2, -0.15) is 0 Å². The molecule has 0 unspecified atom stereocenters. The zero-order chi connectivity index (χ0) is 15.3. The van der Waals surface area contributed by atoms with Crippen LogP contribution >= 0.6 is 0 Å². The van der Waals surface area contributed by atoms with Crippen LogP contribution in [0.2, 0.25) is 0 Å². The highest BCUT2D eigenvalue weighted by atomic mass is 19.1. The molecule has 1 N–H and O–H groups in total. The van der Waals surface area contributed by atoms with Gasteiger partial charge in [0.2, 0.25) is 0 Å². The molecule has 0 spiro atoms. The highest BCUT2D eigenvalue weighted by Gasteiger charge is 2.16. The van der Waals surface area contributed by atoms with Crippen LogP contribution in [0.3, 0.4) is 0 Å². The summed E-state index contributed by atoms with van der Waals surface area (Å²) in [5.41, 5.74) is 0.910. The number of halogens is 1. The molecule has 118 valence electrons. The molecule has 0 saturated heterocycles. The first-order chi connectivity index (χ1) is 9.94. The van der Waals surface area contributed by atoms with E-state index in [2.05, 4.69) is 26.1 Å². The highest BCUT2D eigenvalue weighted by molar-refractivity contribution is 5.34. The maximum atomic E-state index is 13.5. The molecule has 0 atom stereocenters. The minimum absolute atomic E-state index is 0.00690. The molecule has 2 nitrogen and oxygen atoms in total. The Morgan fingerprint density at radius 1 is 1.19 bits per heavy atom. The first-order valence-electron chi connectivity index (χ1n) is 8.10. The Hall–Kier alpha value is -1.09. The Morgan fingerprint density at radius 3 is 2.57 bits per heavy atom. The number of benzene rings is 1. The van der Waals surface area contributed by atoms with Crippen LogP contribution in [0.15, 0.2) is 18.2 Å². The van der Waals surface area contributed by atoms with Crippen LogP contribution in [0.1, 0.15) is 58.4 Å². The van der Waals surface area contributed by atoms with Gasteiger partial charge in [-0.05, 0) is 57.7 Å². The van der Waals surface area contributed by atoms with E-state index in [1.807, 2.05) is 0 Å². The summed E-state index contributed by atoms with van der Waals surface area (Å²) in [4.78, 5) is 0. The van der Waals surface area contributed by atoms with Crippen molar-refractivity contribution < 1.29 is 9.13 Å². The van der Waals surface area contributed by atoms with Crippen molar-refractivity contribution in [2.24, 2.45) is 5.92 Å². The number of hydrogen-bond donors (Lipinski definition) is 1. The Balaban J connectivity index is 1.96. The zero-order valence-electron chi connectivity index (χ0n) is 13.5. The summed E-state index contributed by atoms with van der Waals surface area (Å²) >= 11 is 0. The second kappa shape index (κ2) is 7.26. The predicted molar refractivity (Wildman–Crippen MR) is 85.1 cm³/mol. The molecule has 3 heteroatoms. The van der Waals surface area contributed by atoms with E-state index >= 15 is 0 Å². The maximum absolute atomic E-state index is 13.5. The van der Waals surface area contributed by atoms with E-state index in [1.165, 1.54) is 38.2 Å². The summed E-state index contributed by atoms with van der Waals surface area (Å²) in [7, 11) is 0. The summed E-state index contributed by atoms with van der Waals surface area (Å²) in [6.45, 7) is 7.70. The number of rotatable bonds is 5. The summed E-state index contributed by atoms with van der Waals surface area (Å²) < 4.78 is 19.5. The van der Waals surface area contributed by atoms with E-state index in [0.29, 0.717) is 12.5 Å². The molecule has 0 radical (unpaired) electrons. The van der Waals surface area contributed by atoms with Gasteiger partial charge in [-0.25, -0.2) is 4.39 Å². The standard InChI is InChI=1S/C18H28FNO/c1-18(2,3)20-12-15-11-16(19)9-10-17(15)21-13-14-7-5-4-6-8-14/h9-11,14,20H,4-8,12-13H2,1-3H3. The lowest BCUT2D eigenvalue weighted by atomic mass is 9.90. The largest absolute Gasteiger partial charge is 0.493 e. The molecule has 1 aliphatic carbocycles. The SMILES string of the molecule is CC(C)(C)NCc1cc(F)ccc1OCC1CCCCC1. The Morgan fingerprint density at radius 2 is 1.90 bits per heavy atom. The van der Waals surface area contributed by atoms with Crippen molar-refractivity contribution in [1.29, 1.82) is 0 Å². The molecule has 0 aromatic heterocycles. The first-order valence-corrected chi connectivity index (χ1v) is 8.10. The number of hydrogen-bond acceptors (Lipinski definition) is 2. The molecule has 0 amide bonds. The lowest BCUT2D eigenvalue weighted by Gasteiger charge is -2.24. The molecule has 0 heterocycles. The molecule has 21 heavy (non-hydrogen) atoms. The third kappa shape index (κ3) is 5.66. The van der Waals surface area contributed by atoms with Gasteiger partial charge in [-0.3, -0.25) is 0 Å². The molecular weight excluding hydrogens is 265 g/mol. The zero-order valence-corrected chi connectivity index (χ0v) is 13.5. The second-order valence-electron chi connectivity index (χ2n) is 7.17. The van der Waals surface area contributed by atoms with E-state index in [4.69, 9.17) is 4.74 Å². The minimum Gasteiger partial charge on any atom is -0.493 e. The van der Waals surface area contributed by atoms with Crippen LogP contribution < -0.4 is 10.1 Å². The van der Waals surface area contributed by atoms with E-state index in [0.717, 1.165) is 17.9 Å². The van der Waals surface area contributed by atoms with Crippen molar-refractivity contribution in [2.75, 3.05) is 6.61 Å². The summed E-state index contributed by atoms with van der Waals surface area (Å²) in [6.07, 6.45) is 6.51. The maximum Gasteiger partial charge on any atom is 0.123 e. The molecule has 1 saturated carbocycles. The van der Waals surface area contributed by atoms with E-state index < -0.39 is 0 Å². The Bertz CT molecular complexity index is 447. The molecular formula is C18H28FNO. The van der Waals surface area contributed by atoms with Crippen LogP contribution in [-0.2, 0) is 6.54 Å². The van der Waals surface area contributed by atoms with Gasteiger partial charge in [-0.15, -0.1) is 0 Å². The summed E-state index contributed by atoms with van der Waals surface area (Å²) in [6, 6.07) is 4.82. The van der Waals surface area contributed by atoms with Crippen LogP contribution in [0.4, 0.5) is 4.39 Å².